The molecule has 2 aromatic rings. The fourth-order valence-corrected chi connectivity index (χ4v) is 2.22. The summed E-state index contributed by atoms with van der Waals surface area (Å²) in [5.74, 6) is 0. The van der Waals surface area contributed by atoms with Crippen LogP contribution in [-0.2, 0) is 6.54 Å². The van der Waals surface area contributed by atoms with Gasteiger partial charge in [-0.1, -0.05) is 6.07 Å². The quantitative estimate of drug-likeness (QED) is 0.885. The molecule has 2 aromatic heterocycles. The highest BCUT2D eigenvalue weighted by atomic mass is 32.1. The van der Waals surface area contributed by atoms with Crippen molar-refractivity contribution in [1.82, 2.24) is 9.97 Å². The molecule has 4 heteroatoms. The monoisotopic (exact) mass is 233 g/mol. The highest BCUT2D eigenvalue weighted by molar-refractivity contribution is 7.15. The predicted octanol–water partition coefficient (Wildman–Crippen LogP) is 3.08. The molecule has 0 amide bonds. The number of thiazole rings is 1. The number of hydrogen-bond donors (Lipinski definition) is 1. The number of aromatic nitrogens is 2. The van der Waals surface area contributed by atoms with Gasteiger partial charge in [0.2, 0.25) is 0 Å². The Kier molecular flexibility index (Phi) is 3.19. The van der Waals surface area contributed by atoms with Gasteiger partial charge in [0.05, 0.1) is 17.9 Å². The van der Waals surface area contributed by atoms with Gasteiger partial charge >= 0.3 is 0 Å². The zero-order chi connectivity index (χ0) is 11.5. The maximum absolute atomic E-state index is 4.43. The summed E-state index contributed by atoms with van der Waals surface area (Å²) < 4.78 is 0. The second-order valence-electron chi connectivity index (χ2n) is 3.78. The summed E-state index contributed by atoms with van der Waals surface area (Å²) in [6.07, 6.45) is 0. The van der Waals surface area contributed by atoms with E-state index in [-0.39, 0.29) is 0 Å². The summed E-state index contributed by atoms with van der Waals surface area (Å²) in [4.78, 5) is 10.1. The zero-order valence-corrected chi connectivity index (χ0v) is 10.6. The minimum atomic E-state index is 0.730. The molecule has 0 atom stereocenters. The molecule has 0 radical (unpaired) electrons. The Balaban J connectivity index is 2.02. The standard InChI is InChI=1S/C12H15N3S/c1-8-5-4-6-11(14-8)7-13-12-15-9(2)10(3)16-12/h4-6H,7H2,1-3H3,(H,13,15). The van der Waals surface area contributed by atoms with Crippen LogP contribution in [0.5, 0.6) is 0 Å². The van der Waals surface area contributed by atoms with Crippen LogP contribution < -0.4 is 5.32 Å². The lowest BCUT2D eigenvalue weighted by atomic mass is 10.3. The van der Waals surface area contributed by atoms with Crippen LogP contribution in [0.3, 0.4) is 0 Å². The van der Waals surface area contributed by atoms with Crippen molar-refractivity contribution in [2.24, 2.45) is 0 Å². The molecule has 0 unspecified atom stereocenters. The fraction of sp³-hybridized carbons (Fsp3) is 0.333. The first-order chi connectivity index (χ1) is 7.65. The van der Waals surface area contributed by atoms with E-state index in [4.69, 9.17) is 0 Å². The van der Waals surface area contributed by atoms with E-state index in [9.17, 15) is 0 Å². The molecule has 2 rings (SSSR count). The Morgan fingerprint density at radius 2 is 2.00 bits per heavy atom. The average molecular weight is 233 g/mol. The molecule has 0 spiro atoms. The Hall–Kier alpha value is -1.42. The van der Waals surface area contributed by atoms with Crippen LogP contribution in [0.2, 0.25) is 0 Å². The molecule has 0 saturated heterocycles. The molecule has 2 heterocycles. The van der Waals surface area contributed by atoms with Gasteiger partial charge in [0.15, 0.2) is 5.13 Å². The lowest BCUT2D eigenvalue weighted by molar-refractivity contribution is 1.01. The minimum absolute atomic E-state index is 0.730. The minimum Gasteiger partial charge on any atom is -0.356 e. The molecule has 3 nitrogen and oxygen atoms in total. The molecular formula is C12H15N3S. The van der Waals surface area contributed by atoms with Crippen molar-refractivity contribution in [3.63, 3.8) is 0 Å². The van der Waals surface area contributed by atoms with Gasteiger partial charge in [0.25, 0.3) is 0 Å². The number of hydrogen-bond acceptors (Lipinski definition) is 4. The number of nitrogens with one attached hydrogen (secondary N) is 1. The number of pyridine rings is 1. The highest BCUT2D eigenvalue weighted by Gasteiger charge is 2.03. The van der Waals surface area contributed by atoms with Crippen LogP contribution in [0.1, 0.15) is 22.0 Å². The SMILES string of the molecule is Cc1cccc(CNc2nc(C)c(C)s2)n1. The maximum Gasteiger partial charge on any atom is 0.183 e. The normalized spacial score (nSPS) is 10.4. The lowest BCUT2D eigenvalue weighted by Crippen LogP contribution is -2.01. The van der Waals surface area contributed by atoms with Gasteiger partial charge in [0, 0.05) is 10.6 Å². The van der Waals surface area contributed by atoms with Crippen LogP contribution in [0, 0.1) is 20.8 Å². The molecule has 1 N–H and O–H groups in total. The van der Waals surface area contributed by atoms with Crippen LogP contribution in [0.15, 0.2) is 18.2 Å². The first kappa shape index (κ1) is 11.1. The number of nitrogens with zero attached hydrogens (tertiary/aromatic N) is 2. The molecule has 16 heavy (non-hydrogen) atoms. The molecule has 0 fully saturated rings. The number of rotatable bonds is 3. The van der Waals surface area contributed by atoms with Crippen LogP contribution in [-0.4, -0.2) is 9.97 Å². The predicted molar refractivity (Wildman–Crippen MR) is 67.9 cm³/mol. The van der Waals surface area contributed by atoms with Gasteiger partial charge in [-0.15, -0.1) is 11.3 Å². The summed E-state index contributed by atoms with van der Waals surface area (Å²) in [6, 6.07) is 6.05. The molecule has 0 aliphatic heterocycles. The highest BCUT2D eigenvalue weighted by Crippen LogP contribution is 2.21. The summed E-state index contributed by atoms with van der Waals surface area (Å²) in [6.45, 7) is 6.85. The third kappa shape index (κ3) is 2.58. The summed E-state index contributed by atoms with van der Waals surface area (Å²) >= 11 is 1.69. The van der Waals surface area contributed by atoms with Crippen molar-refractivity contribution >= 4 is 16.5 Å². The molecule has 84 valence electrons. The Labute approximate surface area is 99.6 Å². The van der Waals surface area contributed by atoms with E-state index in [1.54, 1.807) is 11.3 Å². The first-order valence-corrected chi connectivity index (χ1v) is 6.07. The van der Waals surface area contributed by atoms with Crippen molar-refractivity contribution in [2.75, 3.05) is 5.32 Å². The summed E-state index contributed by atoms with van der Waals surface area (Å²) in [5, 5.41) is 4.27. The average Bonchev–Trinajstić information content (AvgIpc) is 2.56. The van der Waals surface area contributed by atoms with E-state index in [2.05, 4.69) is 22.2 Å². The van der Waals surface area contributed by atoms with Crippen molar-refractivity contribution in [1.29, 1.82) is 0 Å². The van der Waals surface area contributed by atoms with Gasteiger partial charge in [-0.2, -0.15) is 0 Å². The topological polar surface area (TPSA) is 37.8 Å². The van der Waals surface area contributed by atoms with E-state index in [1.807, 2.05) is 32.0 Å². The third-order valence-corrected chi connectivity index (χ3v) is 3.43. The molecule has 0 aliphatic rings. The Morgan fingerprint density at radius 3 is 2.62 bits per heavy atom. The zero-order valence-electron chi connectivity index (χ0n) is 9.74. The molecule has 0 bridgehead atoms. The molecule has 0 saturated carbocycles. The van der Waals surface area contributed by atoms with E-state index in [0.717, 1.165) is 28.8 Å². The summed E-state index contributed by atoms with van der Waals surface area (Å²) in [5.41, 5.74) is 3.20. The second-order valence-corrected chi connectivity index (χ2v) is 4.99. The van der Waals surface area contributed by atoms with Crippen LogP contribution >= 0.6 is 11.3 Å². The number of aryl methyl sites for hydroxylation is 3. The Bertz CT molecular complexity index is 471. The van der Waals surface area contributed by atoms with E-state index >= 15 is 0 Å². The van der Waals surface area contributed by atoms with Crippen molar-refractivity contribution in [2.45, 2.75) is 27.3 Å². The van der Waals surface area contributed by atoms with Gasteiger partial charge < -0.3 is 5.32 Å². The van der Waals surface area contributed by atoms with Crippen molar-refractivity contribution in [3.8, 4) is 0 Å². The Morgan fingerprint density at radius 1 is 1.19 bits per heavy atom. The number of anilines is 1. The largest absolute Gasteiger partial charge is 0.356 e. The van der Waals surface area contributed by atoms with Crippen LogP contribution in [0.25, 0.3) is 0 Å². The smallest absolute Gasteiger partial charge is 0.183 e. The van der Waals surface area contributed by atoms with Gasteiger partial charge in [-0.05, 0) is 32.9 Å². The van der Waals surface area contributed by atoms with Gasteiger partial charge in [-0.25, -0.2) is 4.98 Å². The van der Waals surface area contributed by atoms with E-state index in [0.29, 0.717) is 0 Å². The van der Waals surface area contributed by atoms with Crippen LogP contribution in [0.4, 0.5) is 5.13 Å². The van der Waals surface area contributed by atoms with E-state index < -0.39 is 0 Å². The van der Waals surface area contributed by atoms with Gasteiger partial charge in [-0.3, -0.25) is 4.98 Å². The van der Waals surface area contributed by atoms with Gasteiger partial charge in [0.1, 0.15) is 0 Å². The molecule has 0 aliphatic carbocycles. The molecule has 0 aromatic carbocycles. The lowest BCUT2D eigenvalue weighted by Gasteiger charge is -2.02. The second kappa shape index (κ2) is 4.61. The fourth-order valence-electron chi connectivity index (χ4n) is 1.41. The van der Waals surface area contributed by atoms with Crippen molar-refractivity contribution in [3.05, 3.63) is 40.2 Å². The first-order valence-electron chi connectivity index (χ1n) is 5.25. The van der Waals surface area contributed by atoms with E-state index in [1.165, 1.54) is 4.88 Å². The maximum atomic E-state index is 4.43. The summed E-state index contributed by atoms with van der Waals surface area (Å²) in [7, 11) is 0. The molecular weight excluding hydrogens is 218 g/mol. The third-order valence-electron chi connectivity index (χ3n) is 2.40. The van der Waals surface area contributed by atoms with Crippen molar-refractivity contribution < 1.29 is 0 Å².